The molecule has 3 amide bonds. The molecule has 0 saturated carbocycles. The maximum atomic E-state index is 12.3. The minimum Gasteiger partial charge on any atom is -0.483 e. The Balaban J connectivity index is 0.00000122. The molecular formula is C25H34N4O4. The van der Waals surface area contributed by atoms with Gasteiger partial charge in [-0.15, -0.1) is 0 Å². The van der Waals surface area contributed by atoms with Crippen molar-refractivity contribution >= 4 is 18.4 Å². The average molecular weight is 455 g/mol. The minimum absolute atomic E-state index is 0.0641. The molecule has 2 heterocycles. The highest BCUT2D eigenvalue weighted by Gasteiger charge is 2.26. The molecule has 3 rings (SSSR count). The summed E-state index contributed by atoms with van der Waals surface area (Å²) in [6.07, 6.45) is 8.77. The summed E-state index contributed by atoms with van der Waals surface area (Å²) in [6, 6.07) is 11.7. The molecule has 1 aromatic carbocycles. The van der Waals surface area contributed by atoms with E-state index in [9.17, 15) is 9.59 Å². The second kappa shape index (κ2) is 14.6. The van der Waals surface area contributed by atoms with Gasteiger partial charge in [0.15, 0.2) is 0 Å². The molecule has 1 fully saturated rings. The van der Waals surface area contributed by atoms with Crippen molar-refractivity contribution < 1.29 is 19.5 Å². The zero-order valence-electron chi connectivity index (χ0n) is 19.2. The van der Waals surface area contributed by atoms with Crippen LogP contribution in [0.4, 0.5) is 4.79 Å². The Kier molecular flexibility index (Phi) is 11.4. The molecule has 1 atom stereocenters. The molecule has 8 heteroatoms. The number of benzene rings is 1. The van der Waals surface area contributed by atoms with E-state index in [1.54, 1.807) is 12.4 Å². The average Bonchev–Trinajstić information content (AvgIpc) is 3.30. The van der Waals surface area contributed by atoms with Crippen LogP contribution >= 0.6 is 0 Å². The normalized spacial score (nSPS) is 14.7. The smallest absolute Gasteiger partial charge is 0.317 e. The zero-order chi connectivity index (χ0) is 23.9. The molecule has 0 spiro atoms. The molecule has 33 heavy (non-hydrogen) atoms. The lowest BCUT2D eigenvalue weighted by molar-refractivity contribution is -0.122. The molecule has 8 nitrogen and oxygen atoms in total. The van der Waals surface area contributed by atoms with Gasteiger partial charge in [-0.25, -0.2) is 4.79 Å². The summed E-state index contributed by atoms with van der Waals surface area (Å²) in [5.74, 6) is 0.383. The van der Waals surface area contributed by atoms with E-state index in [2.05, 4.69) is 22.5 Å². The zero-order valence-corrected chi connectivity index (χ0v) is 19.2. The molecule has 1 aromatic heterocycles. The van der Waals surface area contributed by atoms with Crippen LogP contribution in [0.5, 0.6) is 0 Å². The number of carbonyl (C=O) groups excluding carboxylic acids is 2. The van der Waals surface area contributed by atoms with E-state index in [1.807, 2.05) is 41.3 Å². The lowest BCUT2D eigenvalue weighted by Gasteiger charge is -2.17. The van der Waals surface area contributed by atoms with E-state index in [1.165, 1.54) is 5.56 Å². The summed E-state index contributed by atoms with van der Waals surface area (Å²) in [5.41, 5.74) is 2.83. The summed E-state index contributed by atoms with van der Waals surface area (Å²) < 4.78 is 0. The molecule has 1 unspecified atom stereocenters. The standard InChI is InChI=1S/C24H32N4O2.CH2O2/c1-2-3-4-13-26-24(30)28-14-11-20(18-28)15-19-7-9-22(10-8-19)23(29)27-17-21-6-5-12-25-16-21;2-1-3/h5-10,12,16,20H,2-4,11,13-15,17-18H2,1H3,(H,26,30)(H,27,29);1H,(H,2,3). The van der Waals surface area contributed by atoms with Crippen LogP contribution < -0.4 is 10.6 Å². The van der Waals surface area contributed by atoms with Gasteiger partial charge in [0.1, 0.15) is 0 Å². The highest BCUT2D eigenvalue weighted by molar-refractivity contribution is 5.94. The SMILES string of the molecule is CCCCCNC(=O)N1CCC(Cc2ccc(C(=O)NCc3cccnc3)cc2)C1.O=CO. The van der Waals surface area contributed by atoms with Gasteiger partial charge in [-0.05, 0) is 54.5 Å². The minimum atomic E-state index is -0.250. The highest BCUT2D eigenvalue weighted by atomic mass is 16.3. The van der Waals surface area contributed by atoms with Crippen LogP contribution in [0.2, 0.25) is 0 Å². The predicted octanol–water partition coefficient (Wildman–Crippen LogP) is 3.48. The number of amides is 3. The Morgan fingerprint density at radius 1 is 1.15 bits per heavy atom. The summed E-state index contributed by atoms with van der Waals surface area (Å²) in [7, 11) is 0. The van der Waals surface area contributed by atoms with Crippen LogP contribution in [-0.2, 0) is 17.8 Å². The third-order valence-electron chi connectivity index (χ3n) is 5.55. The lowest BCUT2D eigenvalue weighted by atomic mass is 9.98. The van der Waals surface area contributed by atoms with E-state index in [4.69, 9.17) is 9.90 Å². The number of hydrogen-bond acceptors (Lipinski definition) is 4. The van der Waals surface area contributed by atoms with Crippen molar-refractivity contribution in [2.45, 2.75) is 45.6 Å². The van der Waals surface area contributed by atoms with Crippen LogP contribution in [0.15, 0.2) is 48.8 Å². The summed E-state index contributed by atoms with van der Waals surface area (Å²) >= 11 is 0. The Hall–Kier alpha value is -3.42. The monoisotopic (exact) mass is 454 g/mol. The number of likely N-dealkylation sites (tertiary alicyclic amines) is 1. The fraction of sp³-hybridized carbons (Fsp3) is 0.440. The predicted molar refractivity (Wildman–Crippen MR) is 127 cm³/mol. The third-order valence-corrected chi connectivity index (χ3v) is 5.55. The fourth-order valence-corrected chi connectivity index (χ4v) is 3.78. The van der Waals surface area contributed by atoms with Crippen LogP contribution in [0.1, 0.15) is 54.1 Å². The molecule has 178 valence electrons. The van der Waals surface area contributed by atoms with Gasteiger partial charge in [-0.1, -0.05) is 38.0 Å². The molecule has 3 N–H and O–H groups in total. The first kappa shape index (κ1) is 25.8. The van der Waals surface area contributed by atoms with E-state index in [0.717, 1.165) is 57.3 Å². The van der Waals surface area contributed by atoms with Crippen molar-refractivity contribution in [3.8, 4) is 0 Å². The number of carbonyl (C=O) groups is 3. The number of aromatic nitrogens is 1. The number of hydrogen-bond donors (Lipinski definition) is 3. The molecule has 1 aliphatic heterocycles. The Labute approximate surface area is 195 Å². The first-order valence-corrected chi connectivity index (χ1v) is 11.4. The molecule has 0 aliphatic carbocycles. The van der Waals surface area contributed by atoms with Gasteiger partial charge in [-0.2, -0.15) is 0 Å². The number of rotatable bonds is 9. The number of urea groups is 1. The number of nitrogens with one attached hydrogen (secondary N) is 2. The lowest BCUT2D eigenvalue weighted by Crippen LogP contribution is -2.39. The van der Waals surface area contributed by atoms with Crippen LogP contribution in [0.3, 0.4) is 0 Å². The molecule has 0 radical (unpaired) electrons. The molecule has 0 bridgehead atoms. The topological polar surface area (TPSA) is 112 Å². The second-order valence-electron chi connectivity index (χ2n) is 8.09. The van der Waals surface area contributed by atoms with Gasteiger partial charge >= 0.3 is 6.03 Å². The second-order valence-corrected chi connectivity index (χ2v) is 8.09. The van der Waals surface area contributed by atoms with Crippen molar-refractivity contribution in [2.24, 2.45) is 5.92 Å². The van der Waals surface area contributed by atoms with Crippen molar-refractivity contribution in [1.82, 2.24) is 20.5 Å². The van der Waals surface area contributed by atoms with E-state index in [-0.39, 0.29) is 18.4 Å². The number of unbranched alkanes of at least 4 members (excludes halogenated alkanes) is 2. The Morgan fingerprint density at radius 3 is 2.58 bits per heavy atom. The Bertz CT molecular complexity index is 858. The quantitative estimate of drug-likeness (QED) is 0.397. The van der Waals surface area contributed by atoms with E-state index >= 15 is 0 Å². The highest BCUT2D eigenvalue weighted by Crippen LogP contribution is 2.21. The number of pyridine rings is 1. The van der Waals surface area contributed by atoms with Crippen LogP contribution in [0, 0.1) is 5.92 Å². The van der Waals surface area contributed by atoms with Crippen molar-refractivity contribution in [2.75, 3.05) is 19.6 Å². The van der Waals surface area contributed by atoms with Gasteiger partial charge in [0.2, 0.25) is 0 Å². The van der Waals surface area contributed by atoms with Crippen molar-refractivity contribution in [1.29, 1.82) is 0 Å². The first-order chi connectivity index (χ1) is 16.1. The molecule has 1 aliphatic rings. The fourth-order valence-electron chi connectivity index (χ4n) is 3.78. The molecular weight excluding hydrogens is 420 g/mol. The van der Waals surface area contributed by atoms with E-state index in [0.29, 0.717) is 18.0 Å². The van der Waals surface area contributed by atoms with Gasteiger partial charge in [0.25, 0.3) is 12.4 Å². The summed E-state index contributed by atoms with van der Waals surface area (Å²) in [6.45, 7) is 4.76. The first-order valence-electron chi connectivity index (χ1n) is 11.4. The third kappa shape index (κ3) is 9.31. The maximum Gasteiger partial charge on any atom is 0.317 e. The molecule has 2 aromatic rings. The summed E-state index contributed by atoms with van der Waals surface area (Å²) in [5, 5.41) is 12.8. The van der Waals surface area contributed by atoms with Gasteiger partial charge < -0.3 is 20.6 Å². The molecule has 1 saturated heterocycles. The van der Waals surface area contributed by atoms with E-state index < -0.39 is 0 Å². The van der Waals surface area contributed by atoms with Gasteiger partial charge in [0, 0.05) is 44.1 Å². The maximum absolute atomic E-state index is 12.3. The van der Waals surface area contributed by atoms with Crippen LogP contribution in [-0.4, -0.2) is 53.0 Å². The Morgan fingerprint density at radius 2 is 1.91 bits per heavy atom. The number of nitrogens with zero attached hydrogens (tertiary/aromatic N) is 2. The van der Waals surface area contributed by atoms with Crippen molar-refractivity contribution in [3.05, 3.63) is 65.5 Å². The number of carboxylic acid groups (broad SMARTS) is 1. The van der Waals surface area contributed by atoms with Gasteiger partial charge in [0.05, 0.1) is 0 Å². The van der Waals surface area contributed by atoms with Gasteiger partial charge in [-0.3, -0.25) is 14.6 Å². The summed E-state index contributed by atoms with van der Waals surface area (Å²) in [4.78, 5) is 38.9. The van der Waals surface area contributed by atoms with Crippen molar-refractivity contribution in [3.63, 3.8) is 0 Å². The van der Waals surface area contributed by atoms with Crippen LogP contribution in [0.25, 0.3) is 0 Å². The largest absolute Gasteiger partial charge is 0.483 e.